The number of hydrogen-bond acceptors (Lipinski definition) is 4. The second-order valence-electron chi connectivity index (χ2n) is 3.14. The number of sulfone groups is 1. The molecule has 4 nitrogen and oxygen atoms in total. The van der Waals surface area contributed by atoms with E-state index in [0.717, 1.165) is 0 Å². The molecule has 1 N–H and O–H groups in total. The maximum absolute atomic E-state index is 11.0. The fourth-order valence-corrected chi connectivity index (χ4v) is 3.34. The minimum Gasteiger partial charge on any atom is -0.317 e. The van der Waals surface area contributed by atoms with Gasteiger partial charge in [0.15, 0.2) is 16.0 Å². The minimum atomic E-state index is -2.89. The first-order valence-corrected chi connectivity index (χ1v) is 5.16. The molecule has 0 aliphatic carbocycles. The molecule has 1 atom stereocenters. The van der Waals surface area contributed by atoms with Crippen LogP contribution in [0.15, 0.2) is 0 Å². The smallest absolute Gasteiger partial charge is 0.177 e. The zero-order chi connectivity index (χ0) is 8.54. The summed E-state index contributed by atoms with van der Waals surface area (Å²) in [5.74, 6) is 0.270. The summed E-state index contributed by atoms with van der Waals surface area (Å²) in [6, 6.07) is 0. The van der Waals surface area contributed by atoms with Gasteiger partial charge in [0.1, 0.15) is 0 Å². The Kier molecular flexibility index (Phi) is 1.80. The Morgan fingerprint density at radius 2 is 2.27 bits per heavy atom. The van der Waals surface area contributed by atoms with Gasteiger partial charge >= 0.3 is 0 Å². The molecule has 1 unspecified atom stereocenters. The first-order valence-electron chi connectivity index (χ1n) is 3.34. The molecular weight excluding hydrogens is 164 g/mol. The van der Waals surface area contributed by atoms with Gasteiger partial charge in [-0.3, -0.25) is 0 Å². The van der Waals surface area contributed by atoms with Gasteiger partial charge in [-0.2, -0.15) is 5.26 Å². The standard InChI is InChI=1S/C6H10N2O2S/c1-6(8-5-7)2-3-11(9,10)4-6/h8H,2-4H2,1H3. The summed E-state index contributed by atoms with van der Waals surface area (Å²) >= 11 is 0. The van der Waals surface area contributed by atoms with Crippen molar-refractivity contribution in [3.05, 3.63) is 0 Å². The van der Waals surface area contributed by atoms with Crippen LogP contribution >= 0.6 is 0 Å². The summed E-state index contributed by atoms with van der Waals surface area (Å²) in [5, 5.41) is 10.8. The van der Waals surface area contributed by atoms with Crippen LogP contribution in [0.4, 0.5) is 0 Å². The van der Waals surface area contributed by atoms with Crippen molar-refractivity contribution in [3.8, 4) is 6.19 Å². The average molecular weight is 174 g/mol. The molecule has 1 heterocycles. The van der Waals surface area contributed by atoms with Gasteiger partial charge in [-0.15, -0.1) is 0 Å². The lowest BCUT2D eigenvalue weighted by Gasteiger charge is -2.18. The number of nitrogens with one attached hydrogen (secondary N) is 1. The van der Waals surface area contributed by atoms with Crippen molar-refractivity contribution >= 4 is 9.84 Å². The first-order chi connectivity index (χ1) is 4.97. The normalized spacial score (nSPS) is 34.5. The van der Waals surface area contributed by atoms with Gasteiger partial charge in [-0.05, 0) is 13.3 Å². The second kappa shape index (κ2) is 2.38. The molecule has 1 saturated heterocycles. The van der Waals surface area contributed by atoms with Gasteiger partial charge in [0.2, 0.25) is 0 Å². The lowest BCUT2D eigenvalue weighted by atomic mass is 10.0. The molecule has 0 amide bonds. The van der Waals surface area contributed by atoms with Crippen LogP contribution in [-0.4, -0.2) is 25.5 Å². The maximum Gasteiger partial charge on any atom is 0.177 e. The van der Waals surface area contributed by atoms with E-state index in [2.05, 4.69) is 5.32 Å². The van der Waals surface area contributed by atoms with E-state index in [0.29, 0.717) is 6.42 Å². The number of nitrogens with zero attached hydrogens (tertiary/aromatic N) is 1. The monoisotopic (exact) mass is 174 g/mol. The highest BCUT2D eigenvalue weighted by Crippen LogP contribution is 2.21. The van der Waals surface area contributed by atoms with Crippen molar-refractivity contribution < 1.29 is 8.42 Å². The van der Waals surface area contributed by atoms with Crippen LogP contribution in [0, 0.1) is 11.5 Å². The van der Waals surface area contributed by atoms with E-state index >= 15 is 0 Å². The van der Waals surface area contributed by atoms with E-state index in [1.54, 1.807) is 13.1 Å². The van der Waals surface area contributed by atoms with Gasteiger partial charge in [0, 0.05) is 0 Å². The van der Waals surface area contributed by atoms with E-state index < -0.39 is 15.4 Å². The molecule has 0 aromatic rings. The Labute approximate surface area is 66.1 Å². The Morgan fingerprint density at radius 1 is 1.64 bits per heavy atom. The van der Waals surface area contributed by atoms with Crippen LogP contribution in [0.1, 0.15) is 13.3 Å². The quantitative estimate of drug-likeness (QED) is 0.435. The molecule has 0 saturated carbocycles. The highest BCUT2D eigenvalue weighted by molar-refractivity contribution is 7.91. The van der Waals surface area contributed by atoms with Crippen molar-refractivity contribution in [2.75, 3.05) is 11.5 Å². The summed E-state index contributed by atoms with van der Waals surface area (Å²) in [5.41, 5.74) is -0.520. The highest BCUT2D eigenvalue weighted by Gasteiger charge is 2.37. The molecular formula is C6H10N2O2S. The highest BCUT2D eigenvalue weighted by atomic mass is 32.2. The van der Waals surface area contributed by atoms with Gasteiger partial charge in [-0.1, -0.05) is 0 Å². The van der Waals surface area contributed by atoms with E-state index in [9.17, 15) is 8.42 Å². The summed E-state index contributed by atoms with van der Waals surface area (Å²) in [6.07, 6.45) is 2.30. The van der Waals surface area contributed by atoms with E-state index in [1.807, 2.05) is 0 Å². The Balaban J connectivity index is 2.75. The minimum absolute atomic E-state index is 0.0769. The topological polar surface area (TPSA) is 70.0 Å². The number of rotatable bonds is 1. The molecule has 1 aliphatic heterocycles. The predicted molar refractivity (Wildman–Crippen MR) is 40.4 cm³/mol. The van der Waals surface area contributed by atoms with Crippen LogP contribution in [-0.2, 0) is 9.84 Å². The maximum atomic E-state index is 11.0. The van der Waals surface area contributed by atoms with Gasteiger partial charge in [0.05, 0.1) is 17.0 Å². The van der Waals surface area contributed by atoms with Crippen LogP contribution in [0.2, 0.25) is 0 Å². The molecule has 0 radical (unpaired) electrons. The average Bonchev–Trinajstić information content (AvgIpc) is 2.07. The summed E-state index contributed by atoms with van der Waals surface area (Å²) in [4.78, 5) is 0. The summed E-state index contributed by atoms with van der Waals surface area (Å²) in [7, 11) is -2.89. The lowest BCUT2D eigenvalue weighted by molar-refractivity contribution is 0.461. The van der Waals surface area contributed by atoms with Crippen LogP contribution in [0.5, 0.6) is 0 Å². The summed E-state index contributed by atoms with van der Waals surface area (Å²) in [6.45, 7) is 1.75. The second-order valence-corrected chi connectivity index (χ2v) is 5.32. The Bertz CT molecular complexity index is 290. The van der Waals surface area contributed by atoms with Crippen molar-refractivity contribution in [2.24, 2.45) is 0 Å². The Hall–Kier alpha value is -0.760. The third-order valence-electron chi connectivity index (χ3n) is 1.86. The predicted octanol–water partition coefficient (Wildman–Crippen LogP) is -0.366. The number of nitriles is 1. The van der Waals surface area contributed by atoms with Crippen molar-refractivity contribution in [2.45, 2.75) is 18.9 Å². The third-order valence-corrected chi connectivity index (χ3v) is 3.76. The molecule has 5 heteroatoms. The van der Waals surface area contributed by atoms with Gasteiger partial charge < -0.3 is 5.32 Å². The molecule has 1 rings (SSSR count). The molecule has 62 valence electrons. The SMILES string of the molecule is CC1(NC#N)CCS(=O)(=O)C1. The molecule has 11 heavy (non-hydrogen) atoms. The van der Waals surface area contributed by atoms with Crippen LogP contribution in [0.25, 0.3) is 0 Å². The molecule has 1 aliphatic rings. The number of hydrogen-bond donors (Lipinski definition) is 1. The van der Waals surface area contributed by atoms with E-state index in [4.69, 9.17) is 5.26 Å². The zero-order valence-corrected chi connectivity index (χ0v) is 7.11. The molecule has 0 spiro atoms. The third kappa shape index (κ3) is 1.84. The summed E-state index contributed by atoms with van der Waals surface area (Å²) < 4.78 is 21.9. The van der Waals surface area contributed by atoms with Gasteiger partial charge in [-0.25, -0.2) is 8.42 Å². The first kappa shape index (κ1) is 8.34. The van der Waals surface area contributed by atoms with Crippen LogP contribution < -0.4 is 5.32 Å². The van der Waals surface area contributed by atoms with Crippen molar-refractivity contribution in [1.82, 2.24) is 5.32 Å². The van der Waals surface area contributed by atoms with Gasteiger partial charge in [0.25, 0.3) is 0 Å². The Morgan fingerprint density at radius 3 is 2.64 bits per heavy atom. The largest absolute Gasteiger partial charge is 0.317 e. The van der Waals surface area contributed by atoms with Crippen molar-refractivity contribution in [3.63, 3.8) is 0 Å². The van der Waals surface area contributed by atoms with Crippen molar-refractivity contribution in [1.29, 1.82) is 5.26 Å². The molecule has 1 fully saturated rings. The molecule has 0 aromatic carbocycles. The molecule has 0 aromatic heterocycles. The fraction of sp³-hybridized carbons (Fsp3) is 0.833. The van der Waals surface area contributed by atoms with E-state index in [-0.39, 0.29) is 11.5 Å². The zero-order valence-electron chi connectivity index (χ0n) is 6.29. The van der Waals surface area contributed by atoms with E-state index in [1.165, 1.54) is 0 Å². The lowest BCUT2D eigenvalue weighted by Crippen LogP contribution is -2.40. The van der Waals surface area contributed by atoms with Crippen LogP contribution in [0.3, 0.4) is 0 Å². The fourth-order valence-electron chi connectivity index (χ4n) is 1.24. The molecule has 0 bridgehead atoms.